The Morgan fingerprint density at radius 3 is 2.74 bits per heavy atom. The first kappa shape index (κ1) is 20.3. The Bertz CT molecular complexity index is 445. The zero-order chi connectivity index (χ0) is 15.7. The maximum absolute atomic E-state index is 5.35. The fraction of sp³-hybridized carbons (Fsp3) is 0.706. The Kier molecular flexibility index (Phi) is 9.62. The van der Waals surface area contributed by atoms with E-state index < -0.39 is 0 Å². The summed E-state index contributed by atoms with van der Waals surface area (Å²) in [6.07, 6.45) is 7.33. The van der Waals surface area contributed by atoms with Crippen molar-refractivity contribution >= 4 is 29.9 Å². The Labute approximate surface area is 156 Å². The molecule has 0 saturated heterocycles. The molecule has 2 N–H and O–H groups in total. The van der Waals surface area contributed by atoms with E-state index in [1.165, 1.54) is 12.8 Å². The van der Waals surface area contributed by atoms with Crippen LogP contribution in [0, 0.1) is 5.41 Å². The number of halogens is 1. The van der Waals surface area contributed by atoms with Crippen LogP contribution in [0.25, 0.3) is 0 Å². The summed E-state index contributed by atoms with van der Waals surface area (Å²) in [5, 5.41) is 6.78. The van der Waals surface area contributed by atoms with E-state index in [0.717, 1.165) is 57.2 Å². The highest BCUT2D eigenvalue weighted by molar-refractivity contribution is 14.0. The SMILES string of the molecule is CCCNC(=NCC1(CCOC)CC1)NCCc1ccco1.I. The highest BCUT2D eigenvalue weighted by Gasteiger charge is 2.41. The molecule has 1 aliphatic rings. The fourth-order valence-corrected chi connectivity index (χ4v) is 2.41. The second-order valence-electron chi connectivity index (χ2n) is 6.09. The third-order valence-electron chi connectivity index (χ3n) is 4.15. The molecule has 1 saturated carbocycles. The molecular weight excluding hydrogens is 405 g/mol. The molecule has 0 spiro atoms. The smallest absolute Gasteiger partial charge is 0.191 e. The highest BCUT2D eigenvalue weighted by atomic mass is 127. The molecule has 0 unspecified atom stereocenters. The summed E-state index contributed by atoms with van der Waals surface area (Å²) in [7, 11) is 1.77. The van der Waals surface area contributed by atoms with Crippen molar-refractivity contribution in [2.24, 2.45) is 10.4 Å². The average Bonchev–Trinajstić information content (AvgIpc) is 3.11. The highest BCUT2D eigenvalue weighted by Crippen LogP contribution is 2.48. The van der Waals surface area contributed by atoms with Gasteiger partial charge in [0, 0.05) is 39.8 Å². The molecule has 5 nitrogen and oxygen atoms in total. The van der Waals surface area contributed by atoms with Crippen LogP contribution in [-0.4, -0.2) is 39.3 Å². The molecule has 1 aromatic heterocycles. The van der Waals surface area contributed by atoms with Crippen molar-refractivity contribution in [2.45, 2.75) is 39.0 Å². The Hall–Kier alpha value is -0.760. The lowest BCUT2D eigenvalue weighted by atomic mass is 10.0. The van der Waals surface area contributed by atoms with Crippen LogP contribution in [0.2, 0.25) is 0 Å². The van der Waals surface area contributed by atoms with Gasteiger partial charge in [-0.05, 0) is 43.2 Å². The zero-order valence-electron chi connectivity index (χ0n) is 14.3. The lowest BCUT2D eigenvalue weighted by Gasteiger charge is -2.15. The first-order valence-electron chi connectivity index (χ1n) is 8.31. The standard InChI is InChI=1S/C17H29N3O2.HI/c1-3-10-18-16(19-11-6-15-5-4-12-22-15)20-14-17(7-8-17)9-13-21-2;/h4-5,12H,3,6-11,13-14H2,1-2H3,(H2,18,19,20);1H. The second kappa shape index (κ2) is 10.9. The van der Waals surface area contributed by atoms with Crippen molar-refractivity contribution in [3.8, 4) is 0 Å². The molecule has 0 radical (unpaired) electrons. The molecule has 2 rings (SSSR count). The van der Waals surface area contributed by atoms with E-state index >= 15 is 0 Å². The van der Waals surface area contributed by atoms with E-state index in [9.17, 15) is 0 Å². The number of hydrogen-bond donors (Lipinski definition) is 2. The van der Waals surface area contributed by atoms with Gasteiger partial charge < -0.3 is 19.8 Å². The van der Waals surface area contributed by atoms with Crippen LogP contribution in [0.1, 0.15) is 38.4 Å². The summed E-state index contributed by atoms with van der Waals surface area (Å²) in [6.45, 7) is 5.65. The van der Waals surface area contributed by atoms with Gasteiger partial charge in [-0.15, -0.1) is 24.0 Å². The van der Waals surface area contributed by atoms with E-state index in [1.54, 1.807) is 13.4 Å². The van der Waals surface area contributed by atoms with Crippen LogP contribution in [-0.2, 0) is 11.2 Å². The summed E-state index contributed by atoms with van der Waals surface area (Å²) >= 11 is 0. The number of nitrogens with one attached hydrogen (secondary N) is 2. The normalized spacial score (nSPS) is 15.8. The largest absolute Gasteiger partial charge is 0.469 e. The third-order valence-corrected chi connectivity index (χ3v) is 4.15. The summed E-state index contributed by atoms with van der Waals surface area (Å²) in [5.41, 5.74) is 0.387. The first-order valence-corrected chi connectivity index (χ1v) is 8.31. The summed E-state index contributed by atoms with van der Waals surface area (Å²) in [4.78, 5) is 4.78. The van der Waals surface area contributed by atoms with E-state index in [0.29, 0.717) is 5.41 Å². The van der Waals surface area contributed by atoms with E-state index in [-0.39, 0.29) is 24.0 Å². The monoisotopic (exact) mass is 435 g/mol. The number of aliphatic imine (C=N–C) groups is 1. The van der Waals surface area contributed by atoms with Crippen LogP contribution < -0.4 is 10.6 Å². The van der Waals surface area contributed by atoms with Crippen molar-refractivity contribution in [1.29, 1.82) is 0 Å². The summed E-state index contributed by atoms with van der Waals surface area (Å²) in [6, 6.07) is 3.92. The van der Waals surface area contributed by atoms with Gasteiger partial charge in [0.1, 0.15) is 5.76 Å². The van der Waals surface area contributed by atoms with E-state index in [1.807, 2.05) is 12.1 Å². The Morgan fingerprint density at radius 1 is 1.35 bits per heavy atom. The lowest BCUT2D eigenvalue weighted by molar-refractivity contribution is 0.174. The number of rotatable bonds is 10. The van der Waals surface area contributed by atoms with Crippen LogP contribution in [0.3, 0.4) is 0 Å². The molecule has 0 bridgehead atoms. The van der Waals surface area contributed by atoms with Gasteiger partial charge in [0.2, 0.25) is 0 Å². The van der Waals surface area contributed by atoms with Gasteiger partial charge in [0.25, 0.3) is 0 Å². The quantitative estimate of drug-likeness (QED) is 0.337. The molecule has 6 heteroatoms. The van der Waals surface area contributed by atoms with Crippen LogP contribution >= 0.6 is 24.0 Å². The molecule has 132 valence electrons. The average molecular weight is 435 g/mol. The molecule has 0 amide bonds. The number of nitrogens with zero attached hydrogens (tertiary/aromatic N) is 1. The van der Waals surface area contributed by atoms with E-state index in [4.69, 9.17) is 14.1 Å². The molecule has 1 heterocycles. The molecule has 1 fully saturated rings. The van der Waals surface area contributed by atoms with Crippen molar-refractivity contribution in [1.82, 2.24) is 10.6 Å². The van der Waals surface area contributed by atoms with Gasteiger partial charge in [-0.2, -0.15) is 0 Å². The molecule has 1 aliphatic carbocycles. The fourth-order valence-electron chi connectivity index (χ4n) is 2.41. The van der Waals surface area contributed by atoms with Crippen molar-refractivity contribution in [2.75, 3.05) is 33.4 Å². The van der Waals surface area contributed by atoms with E-state index in [2.05, 4.69) is 17.6 Å². The third kappa shape index (κ3) is 7.56. The molecule has 1 aromatic rings. The van der Waals surface area contributed by atoms with Gasteiger partial charge in [-0.3, -0.25) is 4.99 Å². The lowest BCUT2D eigenvalue weighted by Crippen LogP contribution is -2.39. The van der Waals surface area contributed by atoms with Crippen LogP contribution in [0.5, 0.6) is 0 Å². The molecule has 0 aromatic carbocycles. The maximum atomic E-state index is 5.35. The summed E-state index contributed by atoms with van der Waals surface area (Å²) < 4.78 is 10.6. The van der Waals surface area contributed by atoms with Crippen LogP contribution in [0.15, 0.2) is 27.8 Å². The molecule has 0 aliphatic heterocycles. The summed E-state index contributed by atoms with van der Waals surface area (Å²) in [5.74, 6) is 1.91. The Morgan fingerprint density at radius 2 is 2.13 bits per heavy atom. The van der Waals surface area contributed by atoms with Crippen molar-refractivity contribution in [3.05, 3.63) is 24.2 Å². The minimum absolute atomic E-state index is 0. The minimum Gasteiger partial charge on any atom is -0.469 e. The maximum Gasteiger partial charge on any atom is 0.191 e. The van der Waals surface area contributed by atoms with Gasteiger partial charge in [-0.1, -0.05) is 6.92 Å². The molecule has 0 atom stereocenters. The van der Waals surface area contributed by atoms with Crippen molar-refractivity contribution < 1.29 is 9.15 Å². The number of hydrogen-bond acceptors (Lipinski definition) is 3. The minimum atomic E-state index is 0. The predicted molar refractivity (Wildman–Crippen MR) is 105 cm³/mol. The number of ether oxygens (including phenoxy) is 1. The molecular formula is C17H30IN3O2. The van der Waals surface area contributed by atoms with Crippen molar-refractivity contribution in [3.63, 3.8) is 0 Å². The van der Waals surface area contributed by atoms with Gasteiger partial charge in [0.05, 0.1) is 6.26 Å². The van der Waals surface area contributed by atoms with Gasteiger partial charge in [-0.25, -0.2) is 0 Å². The Balaban J connectivity index is 0.00000264. The van der Waals surface area contributed by atoms with Gasteiger partial charge in [0.15, 0.2) is 5.96 Å². The predicted octanol–water partition coefficient (Wildman–Crippen LogP) is 3.20. The number of furan rings is 1. The zero-order valence-corrected chi connectivity index (χ0v) is 16.6. The number of methoxy groups -OCH3 is 1. The second-order valence-corrected chi connectivity index (χ2v) is 6.09. The molecule has 23 heavy (non-hydrogen) atoms. The van der Waals surface area contributed by atoms with Crippen LogP contribution in [0.4, 0.5) is 0 Å². The number of guanidine groups is 1. The topological polar surface area (TPSA) is 58.8 Å². The first-order chi connectivity index (χ1) is 10.8. The van der Waals surface area contributed by atoms with Gasteiger partial charge >= 0.3 is 0 Å².